The van der Waals surface area contributed by atoms with E-state index in [1.165, 1.54) is 30.7 Å². The van der Waals surface area contributed by atoms with Crippen LogP contribution in [0.5, 0.6) is 0 Å². The fourth-order valence-corrected chi connectivity index (χ4v) is 4.23. The Morgan fingerprint density at radius 3 is 2.95 bits per heavy atom. The van der Waals surface area contributed by atoms with Gasteiger partial charge in [-0.25, -0.2) is 0 Å². The highest BCUT2D eigenvalue weighted by molar-refractivity contribution is 9.10. The molecular weight excluding hydrogens is 324 g/mol. The molecule has 106 valence electrons. The van der Waals surface area contributed by atoms with Gasteiger partial charge in [0, 0.05) is 23.6 Å². The molecule has 1 aromatic heterocycles. The molecule has 1 aromatic rings. The molecule has 1 aliphatic rings. The van der Waals surface area contributed by atoms with Crippen LogP contribution in [-0.4, -0.2) is 47.9 Å². The molecule has 0 aromatic carbocycles. The number of carbonyl (C=O) groups is 1. The quantitative estimate of drug-likeness (QED) is 0.816. The Morgan fingerprint density at radius 1 is 1.58 bits per heavy atom. The van der Waals surface area contributed by atoms with Gasteiger partial charge in [-0.05, 0) is 60.2 Å². The van der Waals surface area contributed by atoms with E-state index in [9.17, 15) is 4.79 Å². The lowest BCUT2D eigenvalue weighted by atomic mass is 10.2. The van der Waals surface area contributed by atoms with Crippen molar-refractivity contribution in [2.24, 2.45) is 0 Å². The van der Waals surface area contributed by atoms with Crippen molar-refractivity contribution in [1.29, 1.82) is 0 Å². The average molecular weight is 345 g/mol. The molecule has 0 unspecified atom stereocenters. The van der Waals surface area contributed by atoms with Crippen molar-refractivity contribution in [3.8, 4) is 0 Å². The number of thiophene rings is 1. The molecule has 1 saturated heterocycles. The summed E-state index contributed by atoms with van der Waals surface area (Å²) in [6.45, 7) is 8.15. The van der Waals surface area contributed by atoms with Gasteiger partial charge in [0.25, 0.3) is 5.91 Å². The van der Waals surface area contributed by atoms with Crippen LogP contribution in [0.1, 0.15) is 36.4 Å². The summed E-state index contributed by atoms with van der Waals surface area (Å²) < 4.78 is 0.916. The van der Waals surface area contributed by atoms with Crippen LogP contribution >= 0.6 is 27.3 Å². The first-order chi connectivity index (χ1) is 9.17. The first-order valence-electron chi connectivity index (χ1n) is 6.93. The third kappa shape index (κ3) is 3.38. The lowest BCUT2D eigenvalue weighted by Gasteiger charge is -2.29. The van der Waals surface area contributed by atoms with Crippen LogP contribution in [0.4, 0.5) is 0 Å². The van der Waals surface area contributed by atoms with Gasteiger partial charge in [-0.1, -0.05) is 6.92 Å². The predicted molar refractivity (Wildman–Crippen MR) is 83.9 cm³/mol. The van der Waals surface area contributed by atoms with Gasteiger partial charge in [-0.2, -0.15) is 0 Å². The summed E-state index contributed by atoms with van der Waals surface area (Å²) in [5.41, 5.74) is 0. The van der Waals surface area contributed by atoms with Crippen LogP contribution in [0.15, 0.2) is 15.9 Å². The van der Waals surface area contributed by atoms with Gasteiger partial charge in [0.05, 0.1) is 0 Å². The fourth-order valence-electron chi connectivity index (χ4n) is 2.72. The van der Waals surface area contributed by atoms with Crippen LogP contribution in [0.25, 0.3) is 0 Å². The normalized spacial score (nSPS) is 19.8. The monoisotopic (exact) mass is 344 g/mol. The third-order valence-electron chi connectivity index (χ3n) is 3.82. The zero-order valence-corrected chi connectivity index (χ0v) is 14.0. The molecular formula is C14H21BrN2OS. The van der Waals surface area contributed by atoms with E-state index in [2.05, 4.69) is 34.7 Å². The van der Waals surface area contributed by atoms with E-state index in [1.807, 2.05) is 16.3 Å². The van der Waals surface area contributed by atoms with Gasteiger partial charge in [-0.15, -0.1) is 11.3 Å². The third-order valence-corrected chi connectivity index (χ3v) is 5.64. The van der Waals surface area contributed by atoms with Gasteiger partial charge >= 0.3 is 0 Å². The summed E-state index contributed by atoms with van der Waals surface area (Å²) in [6, 6.07) is 2.48. The molecule has 1 fully saturated rings. The molecule has 1 atom stereocenters. The molecule has 3 nitrogen and oxygen atoms in total. The lowest BCUT2D eigenvalue weighted by Crippen LogP contribution is -2.42. The number of carbonyl (C=O) groups excluding carboxylic acids is 1. The van der Waals surface area contributed by atoms with Gasteiger partial charge in [0.1, 0.15) is 4.88 Å². The maximum Gasteiger partial charge on any atom is 0.265 e. The van der Waals surface area contributed by atoms with E-state index in [0.717, 1.165) is 29.0 Å². The Bertz CT molecular complexity index is 435. The van der Waals surface area contributed by atoms with Crippen LogP contribution in [0.2, 0.25) is 0 Å². The number of hydrogen-bond donors (Lipinski definition) is 0. The van der Waals surface area contributed by atoms with Crippen molar-refractivity contribution in [3.63, 3.8) is 0 Å². The van der Waals surface area contributed by atoms with E-state index in [4.69, 9.17) is 0 Å². The van der Waals surface area contributed by atoms with Crippen molar-refractivity contribution in [2.45, 2.75) is 32.7 Å². The van der Waals surface area contributed by atoms with Gasteiger partial charge in [0.15, 0.2) is 0 Å². The SMILES string of the molecule is CCN(C[C@@H]1CCCN1CC)C(=O)c1sccc1Br. The second-order valence-electron chi connectivity index (χ2n) is 4.87. The number of amides is 1. The summed E-state index contributed by atoms with van der Waals surface area (Å²) in [7, 11) is 0. The molecule has 0 spiro atoms. The Labute approximate surface area is 127 Å². The number of rotatable bonds is 5. The van der Waals surface area contributed by atoms with Crippen molar-refractivity contribution in [1.82, 2.24) is 9.80 Å². The summed E-state index contributed by atoms with van der Waals surface area (Å²) in [5, 5.41) is 1.96. The zero-order chi connectivity index (χ0) is 13.8. The maximum absolute atomic E-state index is 12.5. The molecule has 5 heteroatoms. The average Bonchev–Trinajstić information content (AvgIpc) is 3.03. The number of likely N-dealkylation sites (tertiary alicyclic amines) is 1. The predicted octanol–water partition coefficient (Wildman–Crippen LogP) is 3.46. The van der Waals surface area contributed by atoms with E-state index in [1.54, 1.807) is 0 Å². The highest BCUT2D eigenvalue weighted by atomic mass is 79.9. The first-order valence-corrected chi connectivity index (χ1v) is 8.61. The van der Waals surface area contributed by atoms with Crippen molar-refractivity contribution in [2.75, 3.05) is 26.2 Å². The molecule has 2 heterocycles. The fraction of sp³-hybridized carbons (Fsp3) is 0.643. The second kappa shape index (κ2) is 6.86. The van der Waals surface area contributed by atoms with Crippen LogP contribution < -0.4 is 0 Å². The molecule has 0 saturated carbocycles. The molecule has 2 rings (SSSR count). The van der Waals surface area contributed by atoms with E-state index >= 15 is 0 Å². The highest BCUT2D eigenvalue weighted by Gasteiger charge is 2.27. The summed E-state index contributed by atoms with van der Waals surface area (Å²) in [4.78, 5) is 17.8. The van der Waals surface area contributed by atoms with Gasteiger partial charge in [0.2, 0.25) is 0 Å². The number of hydrogen-bond acceptors (Lipinski definition) is 3. The summed E-state index contributed by atoms with van der Waals surface area (Å²) in [5.74, 6) is 0.160. The topological polar surface area (TPSA) is 23.6 Å². The lowest BCUT2D eigenvalue weighted by molar-refractivity contribution is 0.0721. The van der Waals surface area contributed by atoms with E-state index in [-0.39, 0.29) is 5.91 Å². The molecule has 19 heavy (non-hydrogen) atoms. The minimum absolute atomic E-state index is 0.160. The smallest absolute Gasteiger partial charge is 0.265 e. The molecule has 1 aliphatic heterocycles. The number of halogens is 1. The maximum atomic E-state index is 12.5. The van der Waals surface area contributed by atoms with Crippen LogP contribution in [0, 0.1) is 0 Å². The van der Waals surface area contributed by atoms with Crippen LogP contribution in [0.3, 0.4) is 0 Å². The number of nitrogens with zero attached hydrogens (tertiary/aromatic N) is 2. The highest BCUT2D eigenvalue weighted by Crippen LogP contribution is 2.25. The zero-order valence-electron chi connectivity index (χ0n) is 11.6. The Hall–Kier alpha value is -0.390. The van der Waals surface area contributed by atoms with Crippen molar-refractivity contribution < 1.29 is 4.79 Å². The molecule has 0 aliphatic carbocycles. The Morgan fingerprint density at radius 2 is 2.37 bits per heavy atom. The second-order valence-corrected chi connectivity index (χ2v) is 6.64. The van der Waals surface area contributed by atoms with Gasteiger partial charge in [-0.3, -0.25) is 9.69 Å². The summed E-state index contributed by atoms with van der Waals surface area (Å²) >= 11 is 4.97. The van der Waals surface area contributed by atoms with Crippen LogP contribution in [-0.2, 0) is 0 Å². The Kier molecular flexibility index (Phi) is 5.42. The summed E-state index contributed by atoms with van der Waals surface area (Å²) in [6.07, 6.45) is 2.47. The van der Waals surface area contributed by atoms with Gasteiger partial charge < -0.3 is 4.90 Å². The standard InChI is InChI=1S/C14H21BrN2OS/c1-3-16-8-5-6-11(16)10-17(4-2)14(18)13-12(15)7-9-19-13/h7,9,11H,3-6,8,10H2,1-2H3/t11-/m0/s1. The van der Waals surface area contributed by atoms with Crippen molar-refractivity contribution in [3.05, 3.63) is 20.8 Å². The Balaban J connectivity index is 2.04. The van der Waals surface area contributed by atoms with Crippen molar-refractivity contribution >= 4 is 33.2 Å². The van der Waals surface area contributed by atoms with E-state index in [0.29, 0.717) is 6.04 Å². The number of likely N-dealkylation sites (N-methyl/N-ethyl adjacent to an activating group) is 2. The molecule has 0 radical (unpaired) electrons. The minimum atomic E-state index is 0.160. The largest absolute Gasteiger partial charge is 0.337 e. The molecule has 0 N–H and O–H groups in total. The first kappa shape index (κ1) is 15.0. The molecule has 1 amide bonds. The minimum Gasteiger partial charge on any atom is -0.337 e. The van der Waals surface area contributed by atoms with E-state index < -0.39 is 0 Å². The molecule has 0 bridgehead atoms.